The van der Waals surface area contributed by atoms with E-state index in [4.69, 9.17) is 17.0 Å². The molecule has 1 aromatic heterocycles. The summed E-state index contributed by atoms with van der Waals surface area (Å²) in [6.07, 6.45) is 0. The molecule has 0 atom stereocenters. The maximum atomic E-state index is 12.4. The first kappa shape index (κ1) is 22.3. The number of thiophene rings is 1. The normalized spacial score (nSPS) is 10.1. The molecule has 154 valence electrons. The number of carbonyl (C=O) groups is 3. The lowest BCUT2D eigenvalue weighted by atomic mass is 10.1. The lowest BCUT2D eigenvalue weighted by Gasteiger charge is -2.11. The molecule has 1 aromatic carbocycles. The van der Waals surface area contributed by atoms with Crippen LogP contribution in [-0.2, 0) is 9.53 Å². The van der Waals surface area contributed by atoms with E-state index in [1.54, 1.807) is 45.3 Å². The van der Waals surface area contributed by atoms with Crippen molar-refractivity contribution in [2.75, 3.05) is 37.2 Å². The van der Waals surface area contributed by atoms with Crippen molar-refractivity contribution in [1.29, 1.82) is 0 Å². The van der Waals surface area contributed by atoms with Crippen LogP contribution in [-0.4, -0.2) is 49.0 Å². The summed E-state index contributed by atoms with van der Waals surface area (Å²) in [5, 5.41) is 9.32. The van der Waals surface area contributed by atoms with Crippen LogP contribution in [0.15, 0.2) is 24.3 Å². The number of hydrogen-bond donors (Lipinski definition) is 3. The molecule has 0 spiro atoms. The molecule has 8 nitrogen and oxygen atoms in total. The molecule has 0 aliphatic carbocycles. The molecule has 0 aliphatic heterocycles. The Morgan fingerprint density at radius 1 is 1.03 bits per heavy atom. The fourth-order valence-corrected chi connectivity index (χ4v) is 3.97. The van der Waals surface area contributed by atoms with Crippen molar-refractivity contribution in [1.82, 2.24) is 4.90 Å². The Kier molecular flexibility index (Phi) is 7.29. The average Bonchev–Trinajstić information content (AvgIpc) is 2.97. The van der Waals surface area contributed by atoms with E-state index in [0.29, 0.717) is 26.8 Å². The Morgan fingerprint density at radius 2 is 1.59 bits per heavy atom. The molecule has 0 saturated carbocycles. The van der Waals surface area contributed by atoms with E-state index in [1.165, 1.54) is 18.9 Å². The van der Waals surface area contributed by atoms with Gasteiger partial charge in [-0.05, 0) is 49.0 Å². The van der Waals surface area contributed by atoms with Gasteiger partial charge >= 0.3 is 5.97 Å². The number of thiocarbonyl (C=S) groups is 1. The zero-order valence-electron chi connectivity index (χ0n) is 16.7. The molecular formula is C19H22N4O4S2. The third-order valence-corrected chi connectivity index (χ3v) is 5.23. The predicted octanol–water partition coefficient (Wildman–Crippen LogP) is 3.31. The summed E-state index contributed by atoms with van der Waals surface area (Å²) in [6.45, 7) is 3.13. The standard InChI is InChI=1S/C19H22N4O4S2/c1-10-14(18(26)27-5)16(29-15(10)17(25)23(3)4)22-19(28)21-13-8-6-12(7-9-13)20-11(2)24/h6-9H,1-5H3,(H,20,24)(H2,21,22,28). The number of nitrogens with one attached hydrogen (secondary N) is 3. The number of anilines is 3. The van der Waals surface area contributed by atoms with Crippen molar-refractivity contribution in [3.05, 3.63) is 40.3 Å². The smallest absolute Gasteiger partial charge is 0.341 e. The van der Waals surface area contributed by atoms with E-state index < -0.39 is 5.97 Å². The van der Waals surface area contributed by atoms with Crippen molar-refractivity contribution < 1.29 is 19.1 Å². The number of amides is 2. The number of rotatable bonds is 5. The van der Waals surface area contributed by atoms with Gasteiger partial charge in [-0.2, -0.15) is 0 Å². The first-order valence-electron chi connectivity index (χ1n) is 8.53. The zero-order valence-corrected chi connectivity index (χ0v) is 18.3. The summed E-state index contributed by atoms with van der Waals surface area (Å²) in [6, 6.07) is 6.97. The van der Waals surface area contributed by atoms with Crippen LogP contribution in [0.4, 0.5) is 16.4 Å². The Bertz CT molecular complexity index is 952. The lowest BCUT2D eigenvalue weighted by Crippen LogP contribution is -2.21. The molecule has 0 radical (unpaired) electrons. The van der Waals surface area contributed by atoms with Gasteiger partial charge in [-0.3, -0.25) is 9.59 Å². The van der Waals surface area contributed by atoms with Crippen LogP contribution in [0.2, 0.25) is 0 Å². The molecule has 0 bridgehead atoms. The van der Waals surface area contributed by atoms with Crippen LogP contribution in [0.25, 0.3) is 0 Å². The van der Waals surface area contributed by atoms with Gasteiger partial charge in [0.1, 0.15) is 5.00 Å². The van der Waals surface area contributed by atoms with Crippen LogP contribution >= 0.6 is 23.6 Å². The lowest BCUT2D eigenvalue weighted by molar-refractivity contribution is -0.114. The number of carbonyl (C=O) groups excluding carboxylic acids is 3. The third-order valence-electron chi connectivity index (χ3n) is 3.83. The van der Waals surface area contributed by atoms with Gasteiger partial charge in [0.15, 0.2) is 5.11 Å². The number of ether oxygens (including phenoxy) is 1. The molecule has 1 heterocycles. The number of esters is 1. The highest BCUT2D eigenvalue weighted by Crippen LogP contribution is 2.34. The van der Waals surface area contributed by atoms with Gasteiger partial charge in [0.25, 0.3) is 5.91 Å². The van der Waals surface area contributed by atoms with Gasteiger partial charge in [0.05, 0.1) is 17.6 Å². The van der Waals surface area contributed by atoms with E-state index in [2.05, 4.69) is 16.0 Å². The largest absolute Gasteiger partial charge is 0.465 e. The first-order chi connectivity index (χ1) is 13.6. The second-order valence-corrected chi connectivity index (χ2v) is 7.72. The SMILES string of the molecule is COC(=O)c1c(NC(=S)Nc2ccc(NC(C)=O)cc2)sc(C(=O)N(C)C)c1C. The topological polar surface area (TPSA) is 99.8 Å². The summed E-state index contributed by atoms with van der Waals surface area (Å²) < 4.78 is 4.86. The van der Waals surface area contributed by atoms with Crippen LogP contribution in [0.5, 0.6) is 0 Å². The van der Waals surface area contributed by atoms with Crippen molar-refractivity contribution in [2.45, 2.75) is 13.8 Å². The van der Waals surface area contributed by atoms with E-state index in [0.717, 1.165) is 11.3 Å². The second-order valence-electron chi connectivity index (χ2n) is 6.29. The molecule has 10 heteroatoms. The summed E-state index contributed by atoms with van der Waals surface area (Å²) in [5.41, 5.74) is 2.16. The van der Waals surface area contributed by atoms with Crippen molar-refractivity contribution in [2.24, 2.45) is 0 Å². The third kappa shape index (κ3) is 5.52. The number of hydrogen-bond acceptors (Lipinski definition) is 6. The molecule has 0 fully saturated rings. The highest BCUT2D eigenvalue weighted by Gasteiger charge is 2.26. The summed E-state index contributed by atoms with van der Waals surface area (Å²) in [4.78, 5) is 37.6. The zero-order chi connectivity index (χ0) is 21.7. The van der Waals surface area contributed by atoms with Gasteiger partial charge in [-0.1, -0.05) is 0 Å². The Morgan fingerprint density at radius 3 is 2.07 bits per heavy atom. The average molecular weight is 435 g/mol. The monoisotopic (exact) mass is 434 g/mol. The van der Waals surface area contributed by atoms with Crippen LogP contribution in [0, 0.1) is 6.92 Å². The van der Waals surface area contributed by atoms with Crippen LogP contribution < -0.4 is 16.0 Å². The maximum Gasteiger partial charge on any atom is 0.341 e. The van der Waals surface area contributed by atoms with Crippen molar-refractivity contribution in [3.63, 3.8) is 0 Å². The van der Waals surface area contributed by atoms with E-state index in [1.807, 2.05) is 0 Å². The quantitative estimate of drug-likeness (QED) is 0.490. The van der Waals surface area contributed by atoms with Crippen molar-refractivity contribution >= 4 is 62.8 Å². The summed E-state index contributed by atoms with van der Waals surface area (Å²) in [7, 11) is 4.57. The highest BCUT2D eigenvalue weighted by atomic mass is 32.1. The molecule has 0 saturated heterocycles. The Balaban J connectivity index is 2.22. The summed E-state index contributed by atoms with van der Waals surface area (Å²) in [5.74, 6) is -0.922. The molecule has 2 amide bonds. The number of nitrogens with zero attached hydrogens (tertiary/aromatic N) is 1. The number of methoxy groups -OCH3 is 1. The van der Waals surface area contributed by atoms with Gasteiger partial charge in [-0.25, -0.2) is 4.79 Å². The predicted molar refractivity (Wildman–Crippen MR) is 119 cm³/mol. The molecule has 0 aliphatic rings. The molecule has 2 aromatic rings. The molecule has 2 rings (SSSR count). The van der Waals surface area contributed by atoms with E-state index >= 15 is 0 Å². The number of benzene rings is 1. The minimum absolute atomic E-state index is 0.158. The van der Waals surface area contributed by atoms with Crippen LogP contribution in [0.1, 0.15) is 32.5 Å². The Hall–Kier alpha value is -2.98. The highest BCUT2D eigenvalue weighted by molar-refractivity contribution is 7.80. The van der Waals surface area contributed by atoms with Crippen molar-refractivity contribution in [3.8, 4) is 0 Å². The van der Waals surface area contributed by atoms with Gasteiger partial charge in [-0.15, -0.1) is 11.3 Å². The van der Waals surface area contributed by atoms with Gasteiger partial charge in [0, 0.05) is 32.4 Å². The molecular weight excluding hydrogens is 412 g/mol. The molecule has 3 N–H and O–H groups in total. The summed E-state index contributed by atoms with van der Waals surface area (Å²) >= 11 is 6.48. The van der Waals surface area contributed by atoms with Gasteiger partial charge < -0.3 is 25.6 Å². The fraction of sp³-hybridized carbons (Fsp3) is 0.263. The van der Waals surface area contributed by atoms with E-state index in [9.17, 15) is 14.4 Å². The van der Waals surface area contributed by atoms with E-state index in [-0.39, 0.29) is 22.5 Å². The minimum Gasteiger partial charge on any atom is -0.465 e. The fourth-order valence-electron chi connectivity index (χ4n) is 2.46. The maximum absolute atomic E-state index is 12.4. The second kappa shape index (κ2) is 9.48. The first-order valence-corrected chi connectivity index (χ1v) is 9.75. The van der Waals surface area contributed by atoms with Crippen LogP contribution in [0.3, 0.4) is 0 Å². The molecule has 0 unspecified atom stereocenters. The minimum atomic E-state index is -0.554. The van der Waals surface area contributed by atoms with Gasteiger partial charge in [0.2, 0.25) is 5.91 Å². The molecule has 29 heavy (non-hydrogen) atoms. The Labute approximate surface area is 178 Å².